The number of likely N-dealkylation sites (N-methyl/N-ethyl adjacent to an activating group) is 1. The van der Waals surface area contributed by atoms with E-state index in [4.69, 9.17) is 30.5 Å². The monoisotopic (exact) mass is 670 g/mol. The van der Waals surface area contributed by atoms with Crippen molar-refractivity contribution in [3.8, 4) is 11.3 Å². The number of carbonyl (C=O) groups excluding carboxylic acids is 1. The van der Waals surface area contributed by atoms with Gasteiger partial charge in [0.1, 0.15) is 30.0 Å². The number of benzene rings is 3. The molecule has 0 aliphatic carbocycles. The summed E-state index contributed by atoms with van der Waals surface area (Å²) in [5.41, 5.74) is 2.00. The first-order valence-electron chi connectivity index (χ1n) is 15.0. The zero-order chi connectivity index (χ0) is 33.6. The molecule has 3 aromatic carbocycles. The molecule has 2 aliphatic heterocycles. The summed E-state index contributed by atoms with van der Waals surface area (Å²) in [5.74, 6) is -4.73. The van der Waals surface area contributed by atoms with Crippen LogP contribution in [0.2, 0.25) is 5.02 Å². The van der Waals surface area contributed by atoms with Crippen molar-refractivity contribution in [2.75, 3.05) is 25.7 Å². The third-order valence-electron chi connectivity index (χ3n) is 8.49. The number of hydrogen-bond acceptors (Lipinski definition) is 7. The Morgan fingerprint density at radius 2 is 1.74 bits per heavy atom. The number of aromatic nitrogens is 3. The molecule has 6 rings (SSSR count). The van der Waals surface area contributed by atoms with Gasteiger partial charge in [0.25, 0.3) is 5.91 Å². The molecular formula is C34H34ClF3N4O5. The second-order valence-electron chi connectivity index (χ2n) is 12.6. The van der Waals surface area contributed by atoms with Crippen molar-refractivity contribution in [3.63, 3.8) is 0 Å². The number of nitrogens with zero attached hydrogens (tertiary/aromatic N) is 4. The molecule has 0 N–H and O–H groups in total. The number of amides is 1. The Kier molecular flexibility index (Phi) is 9.16. The highest BCUT2D eigenvalue weighted by atomic mass is 35.5. The molecule has 9 nitrogen and oxygen atoms in total. The number of ether oxygens (including phenoxy) is 4. The van der Waals surface area contributed by atoms with Crippen LogP contribution in [0.3, 0.4) is 0 Å². The van der Waals surface area contributed by atoms with Gasteiger partial charge >= 0.3 is 0 Å². The molecule has 0 radical (unpaired) electrons. The van der Waals surface area contributed by atoms with E-state index in [1.54, 1.807) is 19.2 Å². The third-order valence-corrected chi connectivity index (χ3v) is 8.73. The molecule has 1 aromatic heterocycles. The summed E-state index contributed by atoms with van der Waals surface area (Å²) in [7, 11) is 3.09. The lowest BCUT2D eigenvalue weighted by molar-refractivity contribution is -0.314. The largest absolute Gasteiger partial charge is 0.376 e. The summed E-state index contributed by atoms with van der Waals surface area (Å²) >= 11 is 6.38. The van der Waals surface area contributed by atoms with Gasteiger partial charge in [-0.15, -0.1) is 5.10 Å². The van der Waals surface area contributed by atoms with Gasteiger partial charge in [0, 0.05) is 36.0 Å². The van der Waals surface area contributed by atoms with E-state index in [1.165, 1.54) is 22.9 Å². The van der Waals surface area contributed by atoms with Crippen LogP contribution in [0.4, 0.5) is 18.9 Å². The van der Waals surface area contributed by atoms with Crippen molar-refractivity contribution in [1.29, 1.82) is 0 Å². The van der Waals surface area contributed by atoms with E-state index in [0.717, 1.165) is 23.3 Å². The summed E-state index contributed by atoms with van der Waals surface area (Å²) in [6.45, 7) is 6.18. The first-order chi connectivity index (χ1) is 22.4. The maximum Gasteiger partial charge on any atom is 0.258 e. The fraction of sp³-hybridized carbons (Fsp3) is 0.382. The van der Waals surface area contributed by atoms with Gasteiger partial charge in [0.05, 0.1) is 12.8 Å². The topological polar surface area (TPSA) is 87.9 Å². The smallest absolute Gasteiger partial charge is 0.258 e. The molecule has 0 saturated carbocycles. The highest BCUT2D eigenvalue weighted by molar-refractivity contribution is 6.31. The van der Waals surface area contributed by atoms with Gasteiger partial charge in [-0.2, -0.15) is 0 Å². The van der Waals surface area contributed by atoms with E-state index in [1.807, 2.05) is 57.2 Å². The van der Waals surface area contributed by atoms with Gasteiger partial charge < -0.3 is 23.8 Å². The maximum absolute atomic E-state index is 14.4. The Balaban J connectivity index is 1.40. The summed E-state index contributed by atoms with van der Waals surface area (Å²) < 4.78 is 68.3. The molecule has 6 atom stereocenters. The summed E-state index contributed by atoms with van der Waals surface area (Å²) in [5, 5.41) is 8.85. The van der Waals surface area contributed by atoms with E-state index >= 15 is 0 Å². The molecule has 4 aromatic rings. The van der Waals surface area contributed by atoms with Crippen LogP contribution < -0.4 is 4.90 Å². The van der Waals surface area contributed by atoms with Crippen LogP contribution in [0.25, 0.3) is 11.3 Å². The van der Waals surface area contributed by atoms with Crippen molar-refractivity contribution in [2.24, 2.45) is 0 Å². The van der Waals surface area contributed by atoms with E-state index in [9.17, 15) is 18.0 Å². The average Bonchev–Trinajstić information content (AvgIpc) is 3.55. The summed E-state index contributed by atoms with van der Waals surface area (Å²) in [4.78, 5) is 15.9. The fourth-order valence-corrected chi connectivity index (χ4v) is 6.29. The second kappa shape index (κ2) is 13.0. The summed E-state index contributed by atoms with van der Waals surface area (Å²) in [6.07, 6.45) is -2.97. The predicted molar refractivity (Wildman–Crippen MR) is 167 cm³/mol. The van der Waals surface area contributed by atoms with E-state index in [2.05, 4.69) is 10.3 Å². The minimum absolute atomic E-state index is 0.0247. The van der Waals surface area contributed by atoms with E-state index in [-0.39, 0.29) is 23.3 Å². The standard InChI is InChI=1S/C34H34ClF3N4O5/c1-34(2,3)21-12-11-20(35)15-25(21)41(4)32(43)31-30(44-5)28(29-26(46-31)17-45-33(47-29)18-9-7-6-8-10-18)42-16-24(39-40-42)19-13-22(36)27(38)23(37)14-19/h6-16,26,28-31,33H,17H2,1-5H3. The molecule has 1 amide bonds. The van der Waals surface area contributed by atoms with E-state index < -0.39 is 60.1 Å². The van der Waals surface area contributed by atoms with Crippen LogP contribution in [-0.4, -0.2) is 66.1 Å². The predicted octanol–water partition coefficient (Wildman–Crippen LogP) is 6.41. The molecule has 2 saturated heterocycles. The highest BCUT2D eigenvalue weighted by Crippen LogP contribution is 2.42. The van der Waals surface area contributed by atoms with Crippen molar-refractivity contribution in [2.45, 2.75) is 62.9 Å². The lowest BCUT2D eigenvalue weighted by Gasteiger charge is -2.49. The Morgan fingerprint density at radius 3 is 2.40 bits per heavy atom. The van der Waals surface area contributed by atoms with Crippen molar-refractivity contribution < 1.29 is 36.9 Å². The molecule has 3 heterocycles. The minimum Gasteiger partial charge on any atom is -0.376 e. The van der Waals surface area contributed by atoms with Gasteiger partial charge in [-0.3, -0.25) is 4.79 Å². The number of hydrogen-bond donors (Lipinski definition) is 0. The Morgan fingerprint density at radius 1 is 1.04 bits per heavy atom. The molecular weight excluding hydrogens is 637 g/mol. The summed E-state index contributed by atoms with van der Waals surface area (Å²) in [6, 6.07) is 15.6. The van der Waals surface area contributed by atoms with Gasteiger partial charge in [0.2, 0.25) is 0 Å². The molecule has 0 bridgehead atoms. The van der Waals surface area contributed by atoms with Crippen molar-refractivity contribution >= 4 is 23.2 Å². The van der Waals surface area contributed by atoms with Crippen molar-refractivity contribution in [1.82, 2.24) is 15.0 Å². The second-order valence-corrected chi connectivity index (χ2v) is 13.0. The number of methoxy groups -OCH3 is 1. The number of fused-ring (bicyclic) bond motifs is 1. The average molecular weight is 671 g/mol. The molecule has 6 unspecified atom stereocenters. The van der Waals surface area contributed by atoms with Crippen LogP contribution in [0, 0.1) is 17.5 Å². The van der Waals surface area contributed by atoms with Crippen molar-refractivity contribution in [3.05, 3.63) is 100 Å². The number of rotatable bonds is 6. The van der Waals surface area contributed by atoms with Crippen LogP contribution in [0.1, 0.15) is 44.2 Å². The van der Waals surface area contributed by atoms with Gasteiger partial charge in [-0.25, -0.2) is 17.9 Å². The van der Waals surface area contributed by atoms with E-state index in [0.29, 0.717) is 10.7 Å². The lowest BCUT2D eigenvalue weighted by Crippen LogP contribution is -2.63. The highest BCUT2D eigenvalue weighted by Gasteiger charge is 2.54. The molecule has 0 spiro atoms. The molecule has 47 heavy (non-hydrogen) atoms. The third kappa shape index (κ3) is 6.40. The SMILES string of the molecule is COC1C(C(=O)N(C)c2cc(Cl)ccc2C(C)(C)C)OC2COC(c3ccccc3)OC2C1n1cc(-c2cc(F)c(F)c(F)c2)nn1. The first kappa shape index (κ1) is 33.1. The van der Waals surface area contributed by atoms with Crippen LogP contribution >= 0.6 is 11.6 Å². The lowest BCUT2D eigenvalue weighted by atomic mass is 9.85. The van der Waals surface area contributed by atoms with Crippen LogP contribution in [0.5, 0.6) is 0 Å². The zero-order valence-corrected chi connectivity index (χ0v) is 27.1. The number of carbonyl (C=O) groups is 1. The Hall–Kier alpha value is -3.81. The first-order valence-corrected chi connectivity index (χ1v) is 15.4. The number of halogens is 4. The molecule has 2 fully saturated rings. The quantitative estimate of drug-likeness (QED) is 0.219. The fourth-order valence-electron chi connectivity index (χ4n) is 6.13. The molecule has 2 aliphatic rings. The maximum atomic E-state index is 14.4. The Bertz CT molecular complexity index is 1750. The van der Waals surface area contributed by atoms with Crippen LogP contribution in [0.15, 0.2) is 66.9 Å². The van der Waals surface area contributed by atoms with Gasteiger partial charge in [-0.1, -0.05) is 74.0 Å². The van der Waals surface area contributed by atoms with Crippen LogP contribution in [-0.2, 0) is 29.2 Å². The zero-order valence-electron chi connectivity index (χ0n) is 26.4. The van der Waals surface area contributed by atoms with Gasteiger partial charge in [0.15, 0.2) is 29.8 Å². The molecule has 248 valence electrons. The van der Waals surface area contributed by atoms with Gasteiger partial charge in [-0.05, 0) is 35.2 Å². The Labute approximate surface area is 275 Å². The number of anilines is 1. The minimum atomic E-state index is -1.59. The normalized spacial score (nSPS) is 24.5. The molecule has 13 heteroatoms.